The van der Waals surface area contributed by atoms with Crippen molar-refractivity contribution in [2.24, 2.45) is 5.92 Å². The predicted molar refractivity (Wildman–Crippen MR) is 78.7 cm³/mol. The summed E-state index contributed by atoms with van der Waals surface area (Å²) in [5.74, 6) is 1.74. The zero-order valence-corrected chi connectivity index (χ0v) is 12.5. The van der Waals surface area contributed by atoms with Crippen LogP contribution in [0.3, 0.4) is 0 Å². The Morgan fingerprint density at radius 3 is 3.05 bits per heavy atom. The molecule has 0 aromatic carbocycles. The molecule has 0 fully saturated rings. The number of rotatable bonds is 4. The van der Waals surface area contributed by atoms with Crippen molar-refractivity contribution in [2.45, 2.75) is 32.7 Å². The van der Waals surface area contributed by atoms with Gasteiger partial charge in [-0.2, -0.15) is 0 Å². The molecule has 1 aliphatic heterocycles. The van der Waals surface area contributed by atoms with Crippen LogP contribution in [-0.4, -0.2) is 33.1 Å². The maximum Gasteiger partial charge on any atom is 0.187 e. The molecule has 0 radical (unpaired) electrons. The number of aryl methyl sites for hydroxylation is 2. The van der Waals surface area contributed by atoms with Crippen LogP contribution in [0.4, 0.5) is 10.2 Å². The topological polar surface area (TPSA) is 46.8 Å². The van der Waals surface area contributed by atoms with Crippen molar-refractivity contribution in [1.82, 2.24) is 19.5 Å². The van der Waals surface area contributed by atoms with Crippen LogP contribution in [0.25, 0.3) is 0 Å². The molecule has 0 aliphatic carbocycles. The Morgan fingerprint density at radius 2 is 2.24 bits per heavy atom. The summed E-state index contributed by atoms with van der Waals surface area (Å²) >= 11 is 0. The van der Waals surface area contributed by atoms with Crippen molar-refractivity contribution in [3.8, 4) is 0 Å². The summed E-state index contributed by atoms with van der Waals surface area (Å²) in [7, 11) is 1.90. The number of nitrogens with zero attached hydrogens (tertiary/aromatic N) is 5. The lowest BCUT2D eigenvalue weighted by molar-refractivity contribution is 0.367. The Hall–Kier alpha value is -1.98. The highest BCUT2D eigenvalue weighted by molar-refractivity contribution is 5.40. The van der Waals surface area contributed by atoms with Gasteiger partial charge in [0.25, 0.3) is 0 Å². The Kier molecular flexibility index (Phi) is 3.86. The Labute approximate surface area is 123 Å². The molecule has 0 saturated carbocycles. The second kappa shape index (κ2) is 5.79. The number of imidazole rings is 1. The van der Waals surface area contributed by atoms with E-state index in [2.05, 4.69) is 19.5 Å². The lowest BCUT2D eigenvalue weighted by Gasteiger charge is -2.29. The highest BCUT2D eigenvalue weighted by atomic mass is 19.1. The second-order valence-electron chi connectivity index (χ2n) is 5.59. The molecular weight excluding hydrogens is 269 g/mol. The van der Waals surface area contributed by atoms with Crippen LogP contribution in [0.15, 0.2) is 18.7 Å². The third-order valence-electron chi connectivity index (χ3n) is 4.10. The Morgan fingerprint density at radius 1 is 1.38 bits per heavy atom. The third-order valence-corrected chi connectivity index (χ3v) is 4.10. The van der Waals surface area contributed by atoms with Gasteiger partial charge in [-0.15, -0.1) is 0 Å². The molecule has 0 saturated heterocycles. The quantitative estimate of drug-likeness (QED) is 0.864. The van der Waals surface area contributed by atoms with Gasteiger partial charge in [0.1, 0.15) is 12.2 Å². The number of halogens is 1. The molecule has 0 bridgehead atoms. The summed E-state index contributed by atoms with van der Waals surface area (Å²) in [6.45, 7) is 3.62. The number of aromatic nitrogens is 4. The van der Waals surface area contributed by atoms with Gasteiger partial charge in [0.2, 0.25) is 0 Å². The minimum atomic E-state index is -0.290. The largest absolute Gasteiger partial charge is 0.357 e. The van der Waals surface area contributed by atoms with Gasteiger partial charge in [-0.05, 0) is 18.8 Å². The van der Waals surface area contributed by atoms with E-state index in [9.17, 15) is 4.39 Å². The van der Waals surface area contributed by atoms with Gasteiger partial charge in [-0.25, -0.2) is 19.3 Å². The molecule has 6 heteroatoms. The molecule has 0 unspecified atom stereocenters. The van der Waals surface area contributed by atoms with Crippen LogP contribution < -0.4 is 4.90 Å². The van der Waals surface area contributed by atoms with Crippen molar-refractivity contribution >= 4 is 5.82 Å². The first-order valence-corrected chi connectivity index (χ1v) is 7.39. The van der Waals surface area contributed by atoms with Crippen LogP contribution in [0.5, 0.6) is 0 Å². The zero-order valence-electron chi connectivity index (χ0n) is 12.5. The molecule has 0 amide bonds. The molecule has 0 spiro atoms. The average molecular weight is 289 g/mol. The second-order valence-corrected chi connectivity index (χ2v) is 5.59. The summed E-state index contributed by atoms with van der Waals surface area (Å²) < 4.78 is 16.5. The molecule has 2 aromatic heterocycles. The highest BCUT2D eigenvalue weighted by Crippen LogP contribution is 2.23. The summed E-state index contributed by atoms with van der Waals surface area (Å²) in [6.07, 6.45) is 7.95. The first kappa shape index (κ1) is 14.0. The van der Waals surface area contributed by atoms with Crippen molar-refractivity contribution in [2.75, 3.05) is 18.5 Å². The highest BCUT2D eigenvalue weighted by Gasteiger charge is 2.22. The number of hydrogen-bond donors (Lipinski definition) is 0. The molecule has 3 heterocycles. The van der Waals surface area contributed by atoms with E-state index < -0.39 is 0 Å². The molecule has 5 nitrogen and oxygen atoms in total. The molecule has 112 valence electrons. The molecular formula is C15H20FN5. The van der Waals surface area contributed by atoms with Gasteiger partial charge >= 0.3 is 0 Å². The van der Waals surface area contributed by atoms with E-state index in [0.29, 0.717) is 23.9 Å². The SMILES string of the molecule is CCc1ncnc(N(C)C[C@@H]2CCc3nccn3C2)c1F. The van der Waals surface area contributed by atoms with Gasteiger partial charge in [-0.3, -0.25) is 0 Å². The monoisotopic (exact) mass is 289 g/mol. The zero-order chi connectivity index (χ0) is 14.8. The lowest BCUT2D eigenvalue weighted by atomic mass is 9.99. The summed E-state index contributed by atoms with van der Waals surface area (Å²) in [6, 6.07) is 0. The average Bonchev–Trinajstić information content (AvgIpc) is 2.95. The van der Waals surface area contributed by atoms with Crippen molar-refractivity contribution < 1.29 is 4.39 Å². The first-order valence-electron chi connectivity index (χ1n) is 7.39. The number of fused-ring (bicyclic) bond motifs is 1. The van der Waals surface area contributed by atoms with Crippen LogP contribution in [0, 0.1) is 11.7 Å². The molecule has 1 aliphatic rings. The number of hydrogen-bond acceptors (Lipinski definition) is 4. The van der Waals surface area contributed by atoms with Crippen molar-refractivity contribution in [3.63, 3.8) is 0 Å². The molecule has 0 N–H and O–H groups in total. The smallest absolute Gasteiger partial charge is 0.187 e. The van der Waals surface area contributed by atoms with E-state index in [4.69, 9.17) is 0 Å². The molecule has 2 aromatic rings. The van der Waals surface area contributed by atoms with E-state index in [1.54, 1.807) is 0 Å². The van der Waals surface area contributed by atoms with Gasteiger partial charge < -0.3 is 9.47 Å². The van der Waals surface area contributed by atoms with E-state index in [1.165, 1.54) is 6.33 Å². The fourth-order valence-corrected chi connectivity index (χ4v) is 2.97. The molecule has 3 rings (SSSR count). The maximum atomic E-state index is 14.3. The van der Waals surface area contributed by atoms with Crippen molar-refractivity contribution in [1.29, 1.82) is 0 Å². The van der Waals surface area contributed by atoms with Crippen LogP contribution in [-0.2, 0) is 19.4 Å². The van der Waals surface area contributed by atoms with Crippen LogP contribution >= 0.6 is 0 Å². The van der Waals surface area contributed by atoms with E-state index in [-0.39, 0.29) is 5.82 Å². The van der Waals surface area contributed by atoms with Crippen LogP contribution in [0.2, 0.25) is 0 Å². The summed E-state index contributed by atoms with van der Waals surface area (Å²) in [5, 5.41) is 0. The van der Waals surface area contributed by atoms with Gasteiger partial charge in [0, 0.05) is 39.0 Å². The van der Waals surface area contributed by atoms with Gasteiger partial charge in [0.15, 0.2) is 11.6 Å². The predicted octanol–water partition coefficient (Wildman–Crippen LogP) is 2.07. The fourth-order valence-electron chi connectivity index (χ4n) is 2.97. The number of anilines is 1. The molecule has 1 atom stereocenters. The van der Waals surface area contributed by atoms with E-state index in [1.807, 2.05) is 31.3 Å². The summed E-state index contributed by atoms with van der Waals surface area (Å²) in [5.41, 5.74) is 0.479. The molecule has 21 heavy (non-hydrogen) atoms. The lowest BCUT2D eigenvalue weighted by Crippen LogP contribution is -2.32. The van der Waals surface area contributed by atoms with Crippen molar-refractivity contribution in [3.05, 3.63) is 36.1 Å². The Bertz CT molecular complexity index is 624. The minimum Gasteiger partial charge on any atom is -0.357 e. The fraction of sp³-hybridized carbons (Fsp3) is 0.533. The standard InChI is InChI=1S/C15H20FN5/c1-3-12-14(16)15(19-10-18-12)20(2)8-11-4-5-13-17-6-7-21(13)9-11/h6-7,10-11H,3-5,8-9H2,1-2H3/t11-/m0/s1. The first-order chi connectivity index (χ1) is 10.2. The van der Waals surface area contributed by atoms with Crippen LogP contribution in [0.1, 0.15) is 24.9 Å². The minimum absolute atomic E-state index is 0.290. The summed E-state index contributed by atoms with van der Waals surface area (Å²) in [4.78, 5) is 14.3. The maximum absolute atomic E-state index is 14.3. The third kappa shape index (κ3) is 2.75. The van der Waals surface area contributed by atoms with E-state index >= 15 is 0 Å². The van der Waals surface area contributed by atoms with Gasteiger partial charge in [0.05, 0.1) is 5.69 Å². The Balaban J connectivity index is 1.71. The normalized spacial score (nSPS) is 17.6. The van der Waals surface area contributed by atoms with Gasteiger partial charge in [-0.1, -0.05) is 6.92 Å². The van der Waals surface area contributed by atoms with E-state index in [0.717, 1.165) is 31.8 Å².